The number of fused-ring (bicyclic) bond motifs is 1. The fourth-order valence-electron chi connectivity index (χ4n) is 3.71. The van der Waals surface area contributed by atoms with Crippen LogP contribution >= 0.6 is 0 Å². The summed E-state index contributed by atoms with van der Waals surface area (Å²) in [5.41, 5.74) is 9.88. The second kappa shape index (κ2) is 5.95. The molecule has 1 aliphatic heterocycles. The number of hydrogen-bond acceptors (Lipinski definition) is 5. The van der Waals surface area contributed by atoms with Gasteiger partial charge in [-0.3, -0.25) is 4.90 Å². The van der Waals surface area contributed by atoms with Crippen LogP contribution in [0.4, 0.5) is 14.7 Å². The molecule has 0 amide bonds. The fraction of sp³-hybridized carbons (Fsp3) is 0.421. The van der Waals surface area contributed by atoms with Gasteiger partial charge in [-0.15, -0.1) is 5.10 Å². The van der Waals surface area contributed by atoms with E-state index in [1.807, 2.05) is 30.3 Å². The Kier molecular flexibility index (Phi) is 3.65. The minimum atomic E-state index is -2.55. The van der Waals surface area contributed by atoms with Crippen LogP contribution in [-0.4, -0.2) is 50.0 Å². The molecule has 1 saturated carbocycles. The Bertz CT molecular complexity index is 988. The van der Waals surface area contributed by atoms with Gasteiger partial charge in [-0.25, -0.2) is 18.7 Å². The summed E-state index contributed by atoms with van der Waals surface area (Å²) in [6.07, 6.45) is 2.72. The molecule has 6 nitrogen and oxygen atoms in total. The van der Waals surface area contributed by atoms with Crippen molar-refractivity contribution in [3.63, 3.8) is 0 Å². The van der Waals surface area contributed by atoms with Crippen LogP contribution in [-0.2, 0) is 6.42 Å². The number of nitrogens with two attached hydrogens (primary N) is 1. The maximum atomic E-state index is 13.0. The summed E-state index contributed by atoms with van der Waals surface area (Å²) in [5, 5.41) is 4.49. The summed E-state index contributed by atoms with van der Waals surface area (Å²) in [6.45, 7) is 0.148. The van der Waals surface area contributed by atoms with Gasteiger partial charge in [0.05, 0.1) is 18.8 Å². The van der Waals surface area contributed by atoms with Crippen LogP contribution < -0.4 is 5.73 Å². The third-order valence-electron chi connectivity index (χ3n) is 5.18. The van der Waals surface area contributed by atoms with Crippen molar-refractivity contribution in [2.75, 3.05) is 25.4 Å². The Hall–Kier alpha value is -2.61. The van der Waals surface area contributed by atoms with Crippen LogP contribution in [0.3, 0.4) is 0 Å². The Balaban J connectivity index is 1.50. The average Bonchev–Trinajstić information content (AvgIpc) is 3.37. The van der Waals surface area contributed by atoms with Crippen molar-refractivity contribution >= 4 is 11.6 Å². The van der Waals surface area contributed by atoms with Crippen LogP contribution in [0.15, 0.2) is 30.3 Å². The second-order valence-electron chi connectivity index (χ2n) is 7.45. The number of hydrogen-bond donors (Lipinski definition) is 1. The number of nitrogens with zero attached hydrogens (tertiary/aromatic N) is 5. The lowest BCUT2D eigenvalue weighted by Crippen LogP contribution is -2.56. The monoisotopic (exact) mass is 370 g/mol. The molecule has 2 fully saturated rings. The molecule has 0 unspecified atom stereocenters. The van der Waals surface area contributed by atoms with Gasteiger partial charge >= 0.3 is 0 Å². The van der Waals surface area contributed by atoms with Crippen molar-refractivity contribution < 1.29 is 8.78 Å². The molecule has 0 bridgehead atoms. The van der Waals surface area contributed by atoms with Gasteiger partial charge in [0, 0.05) is 24.1 Å². The normalized spacial score (nSPS) is 19.3. The van der Waals surface area contributed by atoms with E-state index in [9.17, 15) is 8.78 Å². The molecule has 0 radical (unpaired) electrons. The highest BCUT2D eigenvalue weighted by Crippen LogP contribution is 2.45. The van der Waals surface area contributed by atoms with E-state index >= 15 is 0 Å². The summed E-state index contributed by atoms with van der Waals surface area (Å²) in [6, 6.07) is 9.96. The first-order valence-corrected chi connectivity index (χ1v) is 9.21. The number of rotatable bonds is 5. The van der Waals surface area contributed by atoms with Crippen molar-refractivity contribution in [2.45, 2.75) is 31.1 Å². The van der Waals surface area contributed by atoms with Gasteiger partial charge in [-0.2, -0.15) is 4.52 Å². The van der Waals surface area contributed by atoms with Crippen LogP contribution in [0.25, 0.3) is 16.9 Å². The zero-order chi connectivity index (χ0) is 18.6. The van der Waals surface area contributed by atoms with E-state index in [1.165, 1.54) is 0 Å². The SMILES string of the molecule is Nc1nc(-c2ccccc2)c(C2CC2)c2nc(CCN3CC(F)(F)C3)nn12. The van der Waals surface area contributed by atoms with Crippen LogP contribution in [0, 0.1) is 0 Å². The van der Waals surface area contributed by atoms with Gasteiger partial charge in [-0.1, -0.05) is 30.3 Å². The zero-order valence-corrected chi connectivity index (χ0v) is 14.8. The molecule has 0 atom stereocenters. The van der Waals surface area contributed by atoms with Crippen LogP contribution in [0.5, 0.6) is 0 Å². The predicted molar refractivity (Wildman–Crippen MR) is 97.7 cm³/mol. The van der Waals surface area contributed by atoms with Crippen molar-refractivity contribution in [3.8, 4) is 11.3 Å². The molecule has 2 aromatic heterocycles. The van der Waals surface area contributed by atoms with Gasteiger partial charge < -0.3 is 5.73 Å². The Labute approximate surface area is 155 Å². The molecule has 27 heavy (non-hydrogen) atoms. The highest BCUT2D eigenvalue weighted by atomic mass is 19.3. The van der Waals surface area contributed by atoms with E-state index in [2.05, 4.69) is 10.1 Å². The largest absolute Gasteiger partial charge is 0.368 e. The standard InChI is InChI=1S/C19H20F2N6/c20-19(21)10-26(11-19)9-8-14-23-17-15(12-6-7-12)16(13-4-2-1-3-5-13)24-18(22)27(17)25-14/h1-5,12H,6-11H2,(H2,22,24). The van der Waals surface area contributed by atoms with Gasteiger partial charge in [0.25, 0.3) is 5.92 Å². The number of aromatic nitrogens is 4. The maximum Gasteiger partial charge on any atom is 0.272 e. The molecule has 0 spiro atoms. The number of nitrogen functional groups attached to an aromatic ring is 1. The van der Waals surface area contributed by atoms with Gasteiger partial charge in [-0.05, 0) is 18.8 Å². The number of likely N-dealkylation sites (tertiary alicyclic amines) is 1. The first-order chi connectivity index (χ1) is 13.0. The molecular formula is C19H20F2N6. The molecule has 2 N–H and O–H groups in total. The first-order valence-electron chi connectivity index (χ1n) is 9.21. The fourth-order valence-corrected chi connectivity index (χ4v) is 3.71. The Morgan fingerprint density at radius 2 is 1.85 bits per heavy atom. The summed E-state index contributed by atoms with van der Waals surface area (Å²) in [7, 11) is 0. The molecule has 1 saturated heterocycles. The molecule has 5 rings (SSSR count). The van der Waals surface area contributed by atoms with Crippen molar-refractivity contribution in [1.29, 1.82) is 0 Å². The third kappa shape index (κ3) is 3.03. The third-order valence-corrected chi connectivity index (χ3v) is 5.18. The zero-order valence-electron chi connectivity index (χ0n) is 14.8. The molecule has 3 aromatic rings. The lowest BCUT2D eigenvalue weighted by Gasteiger charge is -2.38. The van der Waals surface area contributed by atoms with Gasteiger partial charge in [0.2, 0.25) is 5.95 Å². The minimum absolute atomic E-state index is 0.185. The van der Waals surface area contributed by atoms with Crippen molar-refractivity contribution in [1.82, 2.24) is 24.5 Å². The lowest BCUT2D eigenvalue weighted by molar-refractivity contribution is -0.129. The van der Waals surface area contributed by atoms with E-state index in [0.29, 0.717) is 30.7 Å². The minimum Gasteiger partial charge on any atom is -0.368 e. The molecule has 3 heterocycles. The maximum absolute atomic E-state index is 13.0. The molecular weight excluding hydrogens is 350 g/mol. The van der Waals surface area contributed by atoms with Crippen molar-refractivity contribution in [2.24, 2.45) is 0 Å². The topological polar surface area (TPSA) is 72.3 Å². The summed E-state index contributed by atoms with van der Waals surface area (Å²) >= 11 is 0. The highest BCUT2D eigenvalue weighted by molar-refractivity contribution is 5.73. The van der Waals surface area contributed by atoms with E-state index in [1.54, 1.807) is 9.42 Å². The molecule has 2 aliphatic rings. The average molecular weight is 370 g/mol. The van der Waals surface area contributed by atoms with Crippen LogP contribution in [0.2, 0.25) is 0 Å². The van der Waals surface area contributed by atoms with E-state index in [0.717, 1.165) is 35.3 Å². The Morgan fingerprint density at radius 1 is 1.11 bits per heavy atom. The van der Waals surface area contributed by atoms with E-state index < -0.39 is 5.92 Å². The van der Waals surface area contributed by atoms with Crippen LogP contribution in [0.1, 0.15) is 30.1 Å². The Morgan fingerprint density at radius 3 is 2.52 bits per heavy atom. The molecule has 1 aliphatic carbocycles. The summed E-state index contributed by atoms with van der Waals surface area (Å²) in [5.74, 6) is -1.22. The quantitative estimate of drug-likeness (QED) is 0.748. The molecule has 140 valence electrons. The summed E-state index contributed by atoms with van der Waals surface area (Å²) < 4.78 is 27.6. The number of alkyl halides is 2. The molecule has 1 aromatic carbocycles. The predicted octanol–water partition coefficient (Wildman–Crippen LogP) is 2.74. The number of halogens is 2. The van der Waals surface area contributed by atoms with Gasteiger partial charge in [0.1, 0.15) is 0 Å². The van der Waals surface area contributed by atoms with Crippen molar-refractivity contribution in [3.05, 3.63) is 41.7 Å². The second-order valence-corrected chi connectivity index (χ2v) is 7.45. The smallest absolute Gasteiger partial charge is 0.272 e. The lowest BCUT2D eigenvalue weighted by atomic mass is 10.0. The molecule has 8 heteroatoms. The summed E-state index contributed by atoms with van der Waals surface area (Å²) in [4.78, 5) is 11.0. The van der Waals surface area contributed by atoms with E-state index in [4.69, 9.17) is 10.7 Å². The number of benzene rings is 1. The number of anilines is 1. The van der Waals surface area contributed by atoms with E-state index in [-0.39, 0.29) is 13.1 Å². The highest BCUT2D eigenvalue weighted by Gasteiger charge is 2.43. The first kappa shape index (κ1) is 16.6. The van der Waals surface area contributed by atoms with Gasteiger partial charge in [0.15, 0.2) is 11.5 Å².